The number of aromatic nitrogens is 4. The second kappa shape index (κ2) is 6.61. The van der Waals surface area contributed by atoms with Crippen molar-refractivity contribution in [2.75, 3.05) is 5.32 Å². The van der Waals surface area contributed by atoms with Crippen LogP contribution in [0.4, 0.5) is 11.5 Å². The van der Waals surface area contributed by atoms with E-state index in [-0.39, 0.29) is 0 Å². The number of hydroxylamine groups is 1. The Morgan fingerprint density at radius 1 is 1.08 bits per heavy atom. The van der Waals surface area contributed by atoms with Gasteiger partial charge in [0.05, 0.1) is 18.1 Å². The molecular weight excluding hydrogens is 332 g/mol. The number of nitrogens with zero attached hydrogens (tertiary/aromatic N) is 4. The normalized spacial score (nSPS) is 10.7. The standard InChI is InChI=1S/C18H14N6O2/c25-18(23-26)12-4-6-14(7-5-12)21-16-9-13(10-20-22-16)15-11-19-17-3-1-2-8-24(15)17/h1-11,26H,(H,21,22)(H,23,25). The summed E-state index contributed by atoms with van der Waals surface area (Å²) in [5, 5.41) is 19.9. The van der Waals surface area contributed by atoms with Crippen LogP contribution in [0.5, 0.6) is 0 Å². The lowest BCUT2D eigenvalue weighted by molar-refractivity contribution is 0.0706. The van der Waals surface area contributed by atoms with E-state index >= 15 is 0 Å². The van der Waals surface area contributed by atoms with Crippen LogP contribution >= 0.6 is 0 Å². The number of imidazole rings is 1. The van der Waals surface area contributed by atoms with Gasteiger partial charge in [-0.15, -0.1) is 5.10 Å². The zero-order valence-corrected chi connectivity index (χ0v) is 13.5. The van der Waals surface area contributed by atoms with Crippen LogP contribution in [0.25, 0.3) is 16.9 Å². The molecule has 0 saturated carbocycles. The van der Waals surface area contributed by atoms with Crippen molar-refractivity contribution in [2.24, 2.45) is 0 Å². The molecule has 0 bridgehead atoms. The number of hydrogen-bond donors (Lipinski definition) is 3. The summed E-state index contributed by atoms with van der Waals surface area (Å²) in [6.45, 7) is 0. The quantitative estimate of drug-likeness (QED) is 0.388. The van der Waals surface area contributed by atoms with Gasteiger partial charge in [-0.2, -0.15) is 5.10 Å². The van der Waals surface area contributed by atoms with Crippen LogP contribution in [0.15, 0.2) is 67.1 Å². The molecule has 3 aromatic heterocycles. The van der Waals surface area contributed by atoms with Crippen LogP contribution in [-0.4, -0.2) is 30.7 Å². The molecule has 26 heavy (non-hydrogen) atoms. The van der Waals surface area contributed by atoms with Gasteiger partial charge in [-0.1, -0.05) is 6.07 Å². The predicted octanol–water partition coefficient (Wildman–Crippen LogP) is 2.65. The molecule has 1 amide bonds. The van der Waals surface area contributed by atoms with E-state index in [2.05, 4.69) is 20.5 Å². The summed E-state index contributed by atoms with van der Waals surface area (Å²) in [6, 6.07) is 14.3. The van der Waals surface area contributed by atoms with Crippen molar-refractivity contribution >= 4 is 23.1 Å². The summed E-state index contributed by atoms with van der Waals surface area (Å²) in [6.07, 6.45) is 5.41. The van der Waals surface area contributed by atoms with E-state index in [1.807, 2.05) is 34.9 Å². The summed E-state index contributed by atoms with van der Waals surface area (Å²) in [4.78, 5) is 15.7. The first-order valence-corrected chi connectivity index (χ1v) is 7.81. The highest BCUT2D eigenvalue weighted by Crippen LogP contribution is 2.23. The molecular formula is C18H14N6O2. The van der Waals surface area contributed by atoms with Gasteiger partial charge in [0.15, 0.2) is 5.82 Å². The lowest BCUT2D eigenvalue weighted by atomic mass is 10.2. The number of pyridine rings is 1. The topological polar surface area (TPSA) is 104 Å². The molecule has 0 aliphatic carbocycles. The van der Waals surface area contributed by atoms with Crippen LogP contribution in [0.3, 0.4) is 0 Å². The third-order valence-corrected chi connectivity index (χ3v) is 3.89. The summed E-state index contributed by atoms with van der Waals surface area (Å²) < 4.78 is 1.98. The van der Waals surface area contributed by atoms with Crippen molar-refractivity contribution in [1.29, 1.82) is 0 Å². The highest BCUT2D eigenvalue weighted by atomic mass is 16.5. The Bertz CT molecular complexity index is 1070. The van der Waals surface area contributed by atoms with Crippen LogP contribution < -0.4 is 10.8 Å². The van der Waals surface area contributed by atoms with Gasteiger partial charge in [0.25, 0.3) is 5.91 Å². The van der Waals surface area contributed by atoms with Crippen molar-refractivity contribution in [3.63, 3.8) is 0 Å². The molecule has 3 heterocycles. The molecule has 4 rings (SSSR count). The van der Waals surface area contributed by atoms with E-state index in [1.165, 1.54) is 0 Å². The van der Waals surface area contributed by atoms with E-state index in [4.69, 9.17) is 5.21 Å². The highest BCUT2D eigenvalue weighted by Gasteiger charge is 2.08. The molecule has 0 saturated heterocycles. The number of fused-ring (bicyclic) bond motifs is 1. The van der Waals surface area contributed by atoms with Gasteiger partial charge in [0, 0.05) is 23.0 Å². The third kappa shape index (κ3) is 2.96. The fourth-order valence-corrected chi connectivity index (χ4v) is 2.63. The minimum atomic E-state index is -0.564. The van der Waals surface area contributed by atoms with E-state index in [1.54, 1.807) is 42.1 Å². The maximum Gasteiger partial charge on any atom is 0.274 e. The smallest absolute Gasteiger partial charge is 0.274 e. The predicted molar refractivity (Wildman–Crippen MR) is 95.2 cm³/mol. The Labute approximate surface area is 148 Å². The monoisotopic (exact) mass is 346 g/mol. The van der Waals surface area contributed by atoms with Crippen molar-refractivity contribution in [3.8, 4) is 11.3 Å². The average Bonchev–Trinajstić information content (AvgIpc) is 3.12. The number of carbonyl (C=O) groups is 1. The zero-order valence-electron chi connectivity index (χ0n) is 13.5. The fourth-order valence-electron chi connectivity index (χ4n) is 2.63. The van der Waals surface area contributed by atoms with Gasteiger partial charge in [-0.25, -0.2) is 10.5 Å². The molecule has 0 spiro atoms. The Kier molecular flexibility index (Phi) is 4.00. The zero-order chi connectivity index (χ0) is 17.9. The molecule has 3 N–H and O–H groups in total. The van der Waals surface area contributed by atoms with Crippen molar-refractivity contribution in [3.05, 3.63) is 72.7 Å². The molecule has 8 nitrogen and oxygen atoms in total. The van der Waals surface area contributed by atoms with Gasteiger partial charge in [-0.3, -0.25) is 14.4 Å². The van der Waals surface area contributed by atoms with Gasteiger partial charge in [-0.05, 0) is 42.5 Å². The Balaban J connectivity index is 1.61. The summed E-state index contributed by atoms with van der Waals surface area (Å²) in [7, 11) is 0. The largest absolute Gasteiger partial charge is 0.339 e. The molecule has 0 radical (unpaired) electrons. The van der Waals surface area contributed by atoms with Crippen molar-refractivity contribution in [1.82, 2.24) is 25.1 Å². The average molecular weight is 346 g/mol. The van der Waals surface area contributed by atoms with Crippen molar-refractivity contribution < 1.29 is 10.0 Å². The summed E-state index contributed by atoms with van der Waals surface area (Å²) in [5.41, 5.74) is 5.33. The lowest BCUT2D eigenvalue weighted by Crippen LogP contribution is -2.18. The Morgan fingerprint density at radius 2 is 1.92 bits per heavy atom. The molecule has 128 valence electrons. The molecule has 8 heteroatoms. The van der Waals surface area contributed by atoms with Crippen LogP contribution in [-0.2, 0) is 0 Å². The second-order valence-corrected chi connectivity index (χ2v) is 5.55. The Hall–Kier alpha value is -3.78. The third-order valence-electron chi connectivity index (χ3n) is 3.89. The molecule has 4 aromatic rings. The summed E-state index contributed by atoms with van der Waals surface area (Å²) in [5.74, 6) is -0.00121. The maximum atomic E-state index is 11.4. The first-order valence-electron chi connectivity index (χ1n) is 7.81. The van der Waals surface area contributed by atoms with Gasteiger partial charge >= 0.3 is 0 Å². The molecule has 0 aliphatic rings. The fraction of sp³-hybridized carbons (Fsp3) is 0. The minimum Gasteiger partial charge on any atom is -0.339 e. The van der Waals surface area contributed by atoms with Gasteiger partial charge < -0.3 is 5.32 Å². The first kappa shape index (κ1) is 15.7. The SMILES string of the molecule is O=C(NO)c1ccc(Nc2cc(-c3cnc4ccccn34)cnn2)cc1. The van der Waals surface area contributed by atoms with E-state index in [0.717, 1.165) is 22.6 Å². The first-order chi connectivity index (χ1) is 12.7. The molecule has 1 aromatic carbocycles. The second-order valence-electron chi connectivity index (χ2n) is 5.55. The number of benzene rings is 1. The van der Waals surface area contributed by atoms with E-state index in [9.17, 15) is 4.79 Å². The molecule has 0 unspecified atom stereocenters. The molecule has 0 atom stereocenters. The van der Waals surface area contributed by atoms with Gasteiger partial charge in [0.1, 0.15) is 5.65 Å². The van der Waals surface area contributed by atoms with Crippen LogP contribution in [0, 0.1) is 0 Å². The number of carbonyl (C=O) groups excluding carboxylic acids is 1. The minimum absolute atomic E-state index is 0.351. The van der Waals surface area contributed by atoms with Crippen molar-refractivity contribution in [2.45, 2.75) is 0 Å². The number of nitrogens with one attached hydrogen (secondary N) is 2. The number of rotatable bonds is 4. The van der Waals surface area contributed by atoms with Gasteiger partial charge in [0.2, 0.25) is 0 Å². The number of amides is 1. The lowest BCUT2D eigenvalue weighted by Gasteiger charge is -2.07. The Morgan fingerprint density at radius 3 is 2.73 bits per heavy atom. The number of hydrogen-bond acceptors (Lipinski definition) is 6. The summed E-state index contributed by atoms with van der Waals surface area (Å²) >= 11 is 0. The molecule has 0 fully saturated rings. The molecule has 0 aliphatic heterocycles. The van der Waals surface area contributed by atoms with Crippen LogP contribution in [0.2, 0.25) is 0 Å². The number of anilines is 2. The van der Waals surface area contributed by atoms with Crippen LogP contribution in [0.1, 0.15) is 10.4 Å². The van der Waals surface area contributed by atoms with E-state index in [0.29, 0.717) is 11.4 Å². The highest BCUT2D eigenvalue weighted by molar-refractivity contribution is 5.93. The maximum absolute atomic E-state index is 11.4. The van der Waals surface area contributed by atoms with E-state index < -0.39 is 5.91 Å².